The highest BCUT2D eigenvalue weighted by molar-refractivity contribution is 6.42. The number of halogens is 2. The van der Waals surface area contributed by atoms with Crippen LogP contribution in [0.2, 0.25) is 10.0 Å². The van der Waals surface area contributed by atoms with Crippen molar-refractivity contribution in [1.29, 1.82) is 0 Å². The minimum atomic E-state index is -1.20. The zero-order chi connectivity index (χ0) is 10.7. The summed E-state index contributed by atoms with van der Waals surface area (Å²) in [5.74, 6) is 0.310. The predicted molar refractivity (Wildman–Crippen MR) is 52.9 cm³/mol. The lowest BCUT2D eigenvalue weighted by Crippen LogP contribution is -2.28. The molecule has 1 aromatic carbocycles. The first-order chi connectivity index (χ1) is 6.50. The standard InChI is InChI=1S/C8H7Cl2NO3/c1-11(8(12)13)14-5-2-3-6(9)7(10)4-5/h2-4H,1H3,(H,12,13). The SMILES string of the molecule is CN(Oc1ccc(Cl)c(Cl)c1)C(=O)O. The van der Waals surface area contributed by atoms with Crippen molar-refractivity contribution in [3.63, 3.8) is 0 Å². The molecule has 1 N–H and O–H groups in total. The van der Waals surface area contributed by atoms with Crippen molar-refractivity contribution in [3.05, 3.63) is 28.2 Å². The topological polar surface area (TPSA) is 49.8 Å². The molecule has 6 heteroatoms. The summed E-state index contributed by atoms with van der Waals surface area (Å²) in [6.07, 6.45) is -1.20. The van der Waals surface area contributed by atoms with E-state index in [1.807, 2.05) is 0 Å². The molecular formula is C8H7Cl2NO3. The maximum Gasteiger partial charge on any atom is 0.440 e. The van der Waals surface area contributed by atoms with Crippen LogP contribution in [-0.2, 0) is 0 Å². The summed E-state index contributed by atoms with van der Waals surface area (Å²) in [7, 11) is 1.27. The van der Waals surface area contributed by atoms with Crippen LogP contribution in [0.25, 0.3) is 0 Å². The van der Waals surface area contributed by atoms with Crippen molar-refractivity contribution in [2.24, 2.45) is 0 Å². The Bertz CT molecular complexity index is 356. The molecule has 0 bridgehead atoms. The molecular weight excluding hydrogens is 229 g/mol. The van der Waals surface area contributed by atoms with Crippen LogP contribution < -0.4 is 4.84 Å². The molecule has 0 unspecified atom stereocenters. The Kier molecular flexibility index (Phi) is 3.43. The number of benzene rings is 1. The van der Waals surface area contributed by atoms with E-state index in [-0.39, 0.29) is 0 Å². The smallest absolute Gasteiger partial charge is 0.440 e. The molecule has 0 spiro atoms. The summed E-state index contributed by atoms with van der Waals surface area (Å²) in [5, 5.41) is 9.87. The zero-order valence-corrected chi connectivity index (χ0v) is 8.71. The van der Waals surface area contributed by atoms with Gasteiger partial charge in [0, 0.05) is 6.07 Å². The van der Waals surface area contributed by atoms with Crippen molar-refractivity contribution in [2.45, 2.75) is 0 Å². The maximum absolute atomic E-state index is 10.4. The van der Waals surface area contributed by atoms with Crippen molar-refractivity contribution < 1.29 is 14.7 Å². The molecule has 0 radical (unpaired) electrons. The second-order valence-electron chi connectivity index (χ2n) is 2.45. The lowest BCUT2D eigenvalue weighted by molar-refractivity contribution is -0.0131. The maximum atomic E-state index is 10.4. The zero-order valence-electron chi connectivity index (χ0n) is 7.20. The van der Waals surface area contributed by atoms with Crippen LogP contribution in [0.1, 0.15) is 0 Å². The minimum absolute atomic E-state index is 0.308. The van der Waals surface area contributed by atoms with Crippen LogP contribution in [-0.4, -0.2) is 23.3 Å². The van der Waals surface area contributed by atoms with E-state index in [1.165, 1.54) is 25.2 Å². The Balaban J connectivity index is 2.78. The van der Waals surface area contributed by atoms with Crippen LogP contribution in [0.5, 0.6) is 5.75 Å². The van der Waals surface area contributed by atoms with E-state index < -0.39 is 6.09 Å². The van der Waals surface area contributed by atoms with E-state index in [2.05, 4.69) is 0 Å². The van der Waals surface area contributed by atoms with E-state index in [0.717, 1.165) is 0 Å². The molecule has 0 saturated carbocycles. The number of rotatable bonds is 2. The summed E-state index contributed by atoms with van der Waals surface area (Å²) in [6, 6.07) is 4.48. The fourth-order valence-electron chi connectivity index (χ4n) is 0.731. The van der Waals surface area contributed by atoms with E-state index >= 15 is 0 Å². The third-order valence-electron chi connectivity index (χ3n) is 1.40. The monoisotopic (exact) mass is 235 g/mol. The quantitative estimate of drug-likeness (QED) is 0.803. The van der Waals surface area contributed by atoms with Crippen LogP contribution in [0, 0.1) is 0 Å². The molecule has 1 aromatic rings. The summed E-state index contributed by atoms with van der Waals surface area (Å²) >= 11 is 11.4. The average molecular weight is 236 g/mol. The Morgan fingerprint density at radius 3 is 2.57 bits per heavy atom. The van der Waals surface area contributed by atoms with Gasteiger partial charge in [-0.05, 0) is 12.1 Å². The van der Waals surface area contributed by atoms with Crippen molar-refractivity contribution in [2.75, 3.05) is 7.05 Å². The van der Waals surface area contributed by atoms with E-state index in [4.69, 9.17) is 33.1 Å². The van der Waals surface area contributed by atoms with E-state index in [0.29, 0.717) is 20.9 Å². The van der Waals surface area contributed by atoms with E-state index in [1.54, 1.807) is 0 Å². The highest BCUT2D eigenvalue weighted by Gasteiger charge is 2.08. The largest absolute Gasteiger partial charge is 0.463 e. The number of carbonyl (C=O) groups is 1. The molecule has 1 rings (SSSR count). The highest BCUT2D eigenvalue weighted by Crippen LogP contribution is 2.26. The molecule has 0 aliphatic heterocycles. The average Bonchev–Trinajstić information content (AvgIpc) is 2.11. The number of hydroxylamine groups is 2. The Morgan fingerprint density at radius 1 is 1.43 bits per heavy atom. The van der Waals surface area contributed by atoms with Gasteiger partial charge in [-0.25, -0.2) is 4.79 Å². The first-order valence-corrected chi connectivity index (χ1v) is 4.36. The Morgan fingerprint density at radius 2 is 2.07 bits per heavy atom. The van der Waals surface area contributed by atoms with Gasteiger partial charge in [0.05, 0.1) is 17.1 Å². The van der Waals surface area contributed by atoms with Gasteiger partial charge in [-0.2, -0.15) is 0 Å². The second kappa shape index (κ2) is 4.39. The predicted octanol–water partition coefficient (Wildman–Crippen LogP) is 2.90. The van der Waals surface area contributed by atoms with Gasteiger partial charge in [-0.1, -0.05) is 23.2 Å². The van der Waals surface area contributed by atoms with Crippen molar-refractivity contribution >= 4 is 29.3 Å². The van der Waals surface area contributed by atoms with Gasteiger partial charge in [-0.3, -0.25) is 0 Å². The van der Waals surface area contributed by atoms with Gasteiger partial charge in [0.15, 0.2) is 5.75 Å². The Labute approximate surface area is 90.6 Å². The van der Waals surface area contributed by atoms with Gasteiger partial charge in [-0.15, -0.1) is 5.06 Å². The van der Waals surface area contributed by atoms with Gasteiger partial charge in [0.2, 0.25) is 0 Å². The molecule has 0 aliphatic rings. The minimum Gasteiger partial charge on any atom is -0.463 e. The number of hydrogen-bond acceptors (Lipinski definition) is 2. The third-order valence-corrected chi connectivity index (χ3v) is 2.14. The molecule has 0 fully saturated rings. The first kappa shape index (κ1) is 10.9. The highest BCUT2D eigenvalue weighted by atomic mass is 35.5. The van der Waals surface area contributed by atoms with Crippen LogP contribution in [0.4, 0.5) is 4.79 Å². The van der Waals surface area contributed by atoms with Gasteiger partial charge < -0.3 is 9.94 Å². The fraction of sp³-hybridized carbons (Fsp3) is 0.125. The number of nitrogens with zero attached hydrogens (tertiary/aromatic N) is 1. The van der Waals surface area contributed by atoms with Crippen LogP contribution in [0.3, 0.4) is 0 Å². The van der Waals surface area contributed by atoms with Gasteiger partial charge >= 0.3 is 6.09 Å². The lowest BCUT2D eigenvalue weighted by Gasteiger charge is -2.13. The molecule has 14 heavy (non-hydrogen) atoms. The lowest BCUT2D eigenvalue weighted by atomic mass is 10.3. The molecule has 76 valence electrons. The molecule has 0 atom stereocenters. The summed E-state index contributed by atoms with van der Waals surface area (Å²) in [4.78, 5) is 15.3. The normalized spacial score (nSPS) is 9.64. The fourth-order valence-corrected chi connectivity index (χ4v) is 1.02. The molecule has 0 aliphatic carbocycles. The first-order valence-electron chi connectivity index (χ1n) is 3.60. The van der Waals surface area contributed by atoms with Crippen LogP contribution in [0.15, 0.2) is 18.2 Å². The summed E-state index contributed by atoms with van der Waals surface area (Å²) < 4.78 is 0. The number of hydrogen-bond donors (Lipinski definition) is 1. The number of amides is 1. The molecule has 0 aromatic heterocycles. The third kappa shape index (κ3) is 2.68. The molecule has 1 amide bonds. The molecule has 0 saturated heterocycles. The number of carboxylic acid groups (broad SMARTS) is 1. The molecule has 4 nitrogen and oxygen atoms in total. The van der Waals surface area contributed by atoms with Crippen molar-refractivity contribution in [3.8, 4) is 5.75 Å². The summed E-state index contributed by atoms with van der Waals surface area (Å²) in [6.45, 7) is 0. The van der Waals surface area contributed by atoms with Crippen LogP contribution >= 0.6 is 23.2 Å². The van der Waals surface area contributed by atoms with Gasteiger partial charge in [0.1, 0.15) is 0 Å². The van der Waals surface area contributed by atoms with Crippen molar-refractivity contribution in [1.82, 2.24) is 5.06 Å². The summed E-state index contributed by atoms with van der Waals surface area (Å²) in [5.41, 5.74) is 0. The van der Waals surface area contributed by atoms with E-state index in [9.17, 15) is 4.79 Å². The molecule has 0 heterocycles. The second-order valence-corrected chi connectivity index (χ2v) is 3.26. The Hall–Kier alpha value is -1.13. The van der Waals surface area contributed by atoms with Gasteiger partial charge in [0.25, 0.3) is 0 Å².